The molecule has 156 valence electrons. The van der Waals surface area contributed by atoms with Crippen LogP contribution in [0.25, 0.3) is 0 Å². The van der Waals surface area contributed by atoms with E-state index in [0.717, 1.165) is 5.56 Å². The van der Waals surface area contributed by atoms with Gasteiger partial charge in [-0.25, -0.2) is 4.98 Å². The molecule has 0 aliphatic carbocycles. The van der Waals surface area contributed by atoms with Crippen molar-refractivity contribution in [2.45, 2.75) is 19.4 Å². The number of nitrogens with one attached hydrogen (secondary N) is 1. The third kappa shape index (κ3) is 4.51. The van der Waals surface area contributed by atoms with Crippen LogP contribution in [-0.4, -0.2) is 35.5 Å². The van der Waals surface area contributed by atoms with Crippen LogP contribution in [0.5, 0.6) is 11.5 Å². The molecule has 1 atom stereocenters. The molecule has 1 aromatic heterocycles. The number of imidazole rings is 1. The Bertz CT molecular complexity index is 1060. The lowest BCUT2D eigenvalue weighted by Gasteiger charge is -2.21. The Balaban J connectivity index is 1.92. The molecule has 0 bridgehead atoms. The predicted octanol–water partition coefficient (Wildman–Crippen LogP) is 3.09. The van der Waals surface area contributed by atoms with Gasteiger partial charge in [-0.1, -0.05) is 18.2 Å². The van der Waals surface area contributed by atoms with E-state index in [-0.39, 0.29) is 18.1 Å². The van der Waals surface area contributed by atoms with Gasteiger partial charge in [0, 0.05) is 36.1 Å². The summed E-state index contributed by atoms with van der Waals surface area (Å²) in [5.74, 6) is 1.59. The van der Waals surface area contributed by atoms with Crippen LogP contribution in [0.4, 0.5) is 0 Å². The SMILES string of the molecule is COc1ccc(C(C)=O)cc1CC(=O)NC(c1ccccc1OC)c1nccn1C. The number of ketones is 1. The molecule has 7 heteroatoms. The van der Waals surface area contributed by atoms with Gasteiger partial charge in [-0.05, 0) is 31.2 Å². The number of aryl methyl sites for hydroxylation is 1. The predicted molar refractivity (Wildman–Crippen MR) is 113 cm³/mol. The summed E-state index contributed by atoms with van der Waals surface area (Å²) < 4.78 is 12.7. The molecule has 7 nitrogen and oxygen atoms in total. The highest BCUT2D eigenvalue weighted by Gasteiger charge is 2.24. The number of Topliss-reactive ketones (excluding diaryl/α,β-unsaturated/α-hetero) is 1. The summed E-state index contributed by atoms with van der Waals surface area (Å²) in [5.41, 5.74) is 1.97. The van der Waals surface area contributed by atoms with Gasteiger partial charge in [0.2, 0.25) is 5.91 Å². The normalized spacial score (nSPS) is 11.6. The van der Waals surface area contributed by atoms with Crippen molar-refractivity contribution >= 4 is 11.7 Å². The first-order chi connectivity index (χ1) is 14.4. The molecule has 0 radical (unpaired) electrons. The van der Waals surface area contributed by atoms with E-state index in [0.29, 0.717) is 28.5 Å². The van der Waals surface area contributed by atoms with Crippen molar-refractivity contribution in [3.63, 3.8) is 0 Å². The molecule has 1 unspecified atom stereocenters. The van der Waals surface area contributed by atoms with Gasteiger partial charge in [-0.2, -0.15) is 0 Å². The summed E-state index contributed by atoms with van der Waals surface area (Å²) in [7, 11) is 5.00. The molecular formula is C23H25N3O4. The number of benzene rings is 2. The lowest BCUT2D eigenvalue weighted by Crippen LogP contribution is -2.32. The second-order valence-corrected chi connectivity index (χ2v) is 6.90. The quantitative estimate of drug-likeness (QED) is 0.580. The fourth-order valence-corrected chi connectivity index (χ4v) is 3.36. The van der Waals surface area contributed by atoms with Crippen LogP contribution in [0.3, 0.4) is 0 Å². The van der Waals surface area contributed by atoms with Gasteiger partial charge in [0.25, 0.3) is 0 Å². The second kappa shape index (κ2) is 9.26. The van der Waals surface area contributed by atoms with Crippen molar-refractivity contribution < 1.29 is 19.1 Å². The first-order valence-electron chi connectivity index (χ1n) is 9.52. The smallest absolute Gasteiger partial charge is 0.225 e. The molecule has 1 amide bonds. The summed E-state index contributed by atoms with van der Waals surface area (Å²) in [6, 6.07) is 12.1. The number of hydrogen-bond donors (Lipinski definition) is 1. The van der Waals surface area contributed by atoms with E-state index in [9.17, 15) is 9.59 Å². The van der Waals surface area contributed by atoms with Crippen LogP contribution >= 0.6 is 0 Å². The van der Waals surface area contributed by atoms with Gasteiger partial charge in [0.15, 0.2) is 5.78 Å². The maximum atomic E-state index is 13.0. The lowest BCUT2D eigenvalue weighted by atomic mass is 10.0. The number of aromatic nitrogens is 2. The molecule has 3 aromatic rings. The van der Waals surface area contributed by atoms with Gasteiger partial charge in [0.05, 0.1) is 20.6 Å². The van der Waals surface area contributed by atoms with Gasteiger partial charge < -0.3 is 19.4 Å². The highest BCUT2D eigenvalue weighted by molar-refractivity contribution is 5.94. The summed E-state index contributed by atoms with van der Waals surface area (Å²) in [4.78, 5) is 29.2. The first-order valence-corrected chi connectivity index (χ1v) is 9.52. The van der Waals surface area contributed by atoms with Crippen molar-refractivity contribution in [3.8, 4) is 11.5 Å². The number of carbonyl (C=O) groups is 2. The topological polar surface area (TPSA) is 82.5 Å². The number of nitrogens with zero attached hydrogens (tertiary/aromatic N) is 2. The Morgan fingerprint density at radius 1 is 1.10 bits per heavy atom. The Labute approximate surface area is 175 Å². The molecule has 0 aliphatic rings. The van der Waals surface area contributed by atoms with Crippen LogP contribution in [0, 0.1) is 0 Å². The Hall–Kier alpha value is -3.61. The van der Waals surface area contributed by atoms with Gasteiger partial charge in [0.1, 0.15) is 23.4 Å². The number of hydrogen-bond acceptors (Lipinski definition) is 5. The maximum absolute atomic E-state index is 13.0. The Kier molecular flexibility index (Phi) is 6.51. The van der Waals surface area contributed by atoms with Crippen molar-refractivity contribution in [2.75, 3.05) is 14.2 Å². The minimum Gasteiger partial charge on any atom is -0.496 e. The second-order valence-electron chi connectivity index (χ2n) is 6.90. The minimum absolute atomic E-state index is 0.0559. The van der Waals surface area contributed by atoms with Crippen LogP contribution in [0.2, 0.25) is 0 Å². The number of carbonyl (C=O) groups excluding carboxylic acids is 2. The van der Waals surface area contributed by atoms with E-state index in [1.807, 2.05) is 42.1 Å². The van der Waals surface area contributed by atoms with Crippen LogP contribution in [-0.2, 0) is 18.3 Å². The monoisotopic (exact) mass is 407 g/mol. The van der Waals surface area contributed by atoms with Crippen molar-refractivity contribution in [1.82, 2.24) is 14.9 Å². The molecule has 0 saturated heterocycles. The van der Waals surface area contributed by atoms with Crippen molar-refractivity contribution in [2.24, 2.45) is 7.05 Å². The Morgan fingerprint density at radius 2 is 1.83 bits per heavy atom. The highest BCUT2D eigenvalue weighted by Crippen LogP contribution is 2.29. The molecule has 1 heterocycles. The molecule has 30 heavy (non-hydrogen) atoms. The average Bonchev–Trinajstić information content (AvgIpc) is 3.17. The summed E-state index contributed by atoms with van der Waals surface area (Å²) in [5, 5.41) is 3.06. The van der Waals surface area contributed by atoms with E-state index < -0.39 is 6.04 Å². The van der Waals surface area contributed by atoms with Gasteiger partial charge in [-0.15, -0.1) is 0 Å². The molecular weight excluding hydrogens is 382 g/mol. The zero-order valence-corrected chi connectivity index (χ0v) is 17.5. The molecule has 0 fully saturated rings. The first kappa shape index (κ1) is 21.1. The summed E-state index contributed by atoms with van der Waals surface area (Å²) in [6.07, 6.45) is 3.56. The van der Waals surface area contributed by atoms with E-state index in [2.05, 4.69) is 10.3 Å². The number of rotatable bonds is 8. The van der Waals surface area contributed by atoms with Gasteiger partial charge in [-0.3, -0.25) is 9.59 Å². The van der Waals surface area contributed by atoms with Crippen LogP contribution in [0.1, 0.15) is 40.3 Å². The molecule has 2 aromatic carbocycles. The minimum atomic E-state index is -0.504. The molecule has 3 rings (SSSR count). The van der Waals surface area contributed by atoms with Crippen molar-refractivity contribution in [3.05, 3.63) is 77.4 Å². The Morgan fingerprint density at radius 3 is 2.47 bits per heavy atom. The lowest BCUT2D eigenvalue weighted by molar-refractivity contribution is -0.121. The third-order valence-electron chi connectivity index (χ3n) is 4.91. The summed E-state index contributed by atoms with van der Waals surface area (Å²) >= 11 is 0. The standard InChI is InChI=1S/C23H25N3O4/c1-15(27)16-9-10-19(29-3)17(13-16)14-21(28)25-22(23-24-11-12-26(23)2)18-7-5-6-8-20(18)30-4/h5-13,22H,14H2,1-4H3,(H,25,28). The zero-order chi connectivity index (χ0) is 21.7. The number of para-hydroxylation sites is 1. The fraction of sp³-hybridized carbons (Fsp3) is 0.261. The summed E-state index contributed by atoms with van der Waals surface area (Å²) in [6.45, 7) is 1.49. The zero-order valence-electron chi connectivity index (χ0n) is 17.5. The van der Waals surface area contributed by atoms with E-state index in [4.69, 9.17) is 9.47 Å². The van der Waals surface area contributed by atoms with Crippen molar-refractivity contribution in [1.29, 1.82) is 0 Å². The van der Waals surface area contributed by atoms with Gasteiger partial charge >= 0.3 is 0 Å². The van der Waals surface area contributed by atoms with E-state index in [1.165, 1.54) is 14.0 Å². The highest BCUT2D eigenvalue weighted by atomic mass is 16.5. The van der Waals surface area contributed by atoms with Crippen LogP contribution < -0.4 is 14.8 Å². The molecule has 1 N–H and O–H groups in total. The van der Waals surface area contributed by atoms with Crippen LogP contribution in [0.15, 0.2) is 54.9 Å². The number of ether oxygens (including phenoxy) is 2. The molecule has 0 aliphatic heterocycles. The average molecular weight is 407 g/mol. The number of amides is 1. The van der Waals surface area contributed by atoms with E-state index in [1.54, 1.807) is 31.5 Å². The third-order valence-corrected chi connectivity index (χ3v) is 4.91. The largest absolute Gasteiger partial charge is 0.496 e. The fourth-order valence-electron chi connectivity index (χ4n) is 3.36. The van der Waals surface area contributed by atoms with E-state index >= 15 is 0 Å². The maximum Gasteiger partial charge on any atom is 0.225 e. The molecule has 0 spiro atoms. The molecule has 0 saturated carbocycles. The number of methoxy groups -OCH3 is 2.